The highest BCUT2D eigenvalue weighted by molar-refractivity contribution is 6.32. The number of aromatic nitrogens is 6. The van der Waals surface area contributed by atoms with Crippen molar-refractivity contribution in [2.75, 3.05) is 13.2 Å². The van der Waals surface area contributed by atoms with Crippen LogP contribution in [0.5, 0.6) is 17.2 Å². The smallest absolute Gasteiger partial charge is 0.289 e. The van der Waals surface area contributed by atoms with E-state index in [1.165, 1.54) is 43.8 Å². The fourth-order valence-corrected chi connectivity index (χ4v) is 7.09. The molecule has 17 heteroatoms. The number of hydrogen-bond acceptors (Lipinski definition) is 11. The van der Waals surface area contributed by atoms with Crippen LogP contribution in [-0.2, 0) is 58.8 Å². The van der Waals surface area contributed by atoms with Gasteiger partial charge in [0.2, 0.25) is 0 Å². The lowest BCUT2D eigenvalue weighted by molar-refractivity contribution is -0.0441. The molecule has 0 aliphatic carbocycles. The number of aryl methyl sites for hydroxylation is 2. The summed E-state index contributed by atoms with van der Waals surface area (Å²) in [4.78, 5) is 36.7. The van der Waals surface area contributed by atoms with Crippen LogP contribution in [0.4, 0.5) is 0 Å². The highest BCUT2D eigenvalue weighted by Gasteiger charge is 2.23. The van der Waals surface area contributed by atoms with Gasteiger partial charge in [0, 0.05) is 5.56 Å². The molecule has 0 radical (unpaired) electrons. The van der Waals surface area contributed by atoms with Gasteiger partial charge in [0.1, 0.15) is 19.8 Å². The van der Waals surface area contributed by atoms with E-state index >= 15 is 0 Å². The van der Waals surface area contributed by atoms with Crippen molar-refractivity contribution in [3.05, 3.63) is 171 Å². The minimum Gasteiger partial charge on any atom is -0.485 e. The van der Waals surface area contributed by atoms with Crippen LogP contribution in [0.2, 0.25) is 15.1 Å². The first kappa shape index (κ1) is 57.1. The SMILES string of the molecule is C.CC(C)(C)n1ncc(OCc2ccc(C3OCCO3)cc2)c(Cl)c1=O.CCc1ccc(COc2cnn(C(C)(C)C)c(=O)c2Cl)cc1.CCc1ccc(COc2cnn(C(C)(C)C)c(=O)c2Cl)cc1. The third kappa shape index (κ3) is 15.5. The summed E-state index contributed by atoms with van der Waals surface area (Å²) in [5.74, 6) is 0.900. The molecule has 6 aromatic rings. The highest BCUT2D eigenvalue weighted by atomic mass is 35.5. The maximum Gasteiger partial charge on any atom is 0.289 e. The number of nitrogens with zero attached hydrogens (tertiary/aromatic N) is 6. The number of rotatable bonds is 12. The molecule has 14 nitrogen and oxygen atoms in total. The fourth-order valence-electron chi connectivity index (χ4n) is 6.54. The van der Waals surface area contributed by atoms with Crippen molar-refractivity contribution in [1.29, 1.82) is 0 Å². The van der Waals surface area contributed by atoms with Gasteiger partial charge < -0.3 is 23.7 Å². The minimum atomic E-state index is -0.445. The van der Waals surface area contributed by atoms with Crippen molar-refractivity contribution in [3.8, 4) is 17.2 Å². The first-order valence-electron chi connectivity index (χ1n) is 22.7. The van der Waals surface area contributed by atoms with Gasteiger partial charge in [-0.2, -0.15) is 15.3 Å². The average molecular weight is 1020 g/mol. The lowest BCUT2D eigenvalue weighted by Crippen LogP contribution is -2.36. The van der Waals surface area contributed by atoms with Gasteiger partial charge in [-0.25, -0.2) is 14.0 Å². The maximum absolute atomic E-state index is 12.3. The van der Waals surface area contributed by atoms with Crippen LogP contribution in [0.15, 0.2) is 106 Å². The Balaban J connectivity index is 0.000000228. The van der Waals surface area contributed by atoms with Crippen LogP contribution < -0.4 is 30.9 Å². The van der Waals surface area contributed by atoms with Crippen molar-refractivity contribution in [3.63, 3.8) is 0 Å². The molecule has 4 heterocycles. The van der Waals surface area contributed by atoms with E-state index in [1.807, 2.05) is 111 Å². The van der Waals surface area contributed by atoms with Crippen molar-refractivity contribution in [2.45, 2.75) is 139 Å². The molecule has 0 saturated carbocycles. The average Bonchev–Trinajstić information content (AvgIpc) is 3.86. The zero-order valence-corrected chi connectivity index (χ0v) is 43.5. The monoisotopic (exact) mass is 1020 g/mol. The highest BCUT2D eigenvalue weighted by Crippen LogP contribution is 2.26. The zero-order valence-electron chi connectivity index (χ0n) is 41.3. The lowest BCUT2D eigenvalue weighted by Gasteiger charge is -2.21. The largest absolute Gasteiger partial charge is 0.485 e. The Morgan fingerprint density at radius 1 is 0.486 bits per heavy atom. The maximum atomic E-state index is 12.3. The molecule has 0 bridgehead atoms. The van der Waals surface area contributed by atoms with Gasteiger partial charge in [0.25, 0.3) is 16.7 Å². The summed E-state index contributed by atoms with van der Waals surface area (Å²) in [6.07, 6.45) is 6.18. The third-order valence-corrected chi connectivity index (χ3v) is 11.5. The van der Waals surface area contributed by atoms with E-state index in [9.17, 15) is 14.4 Å². The summed E-state index contributed by atoms with van der Waals surface area (Å²) < 4.78 is 31.9. The topological polar surface area (TPSA) is 151 Å². The van der Waals surface area contributed by atoms with Gasteiger partial charge in [-0.3, -0.25) is 14.4 Å². The summed E-state index contributed by atoms with van der Waals surface area (Å²) in [7, 11) is 0. The van der Waals surface area contributed by atoms with Crippen LogP contribution in [0, 0.1) is 0 Å². The first-order chi connectivity index (χ1) is 32.5. The quantitative estimate of drug-likeness (QED) is 0.115. The van der Waals surface area contributed by atoms with Crippen LogP contribution in [0.3, 0.4) is 0 Å². The Labute approximate surface area is 426 Å². The Morgan fingerprint density at radius 2 is 0.743 bits per heavy atom. The van der Waals surface area contributed by atoms with Crippen molar-refractivity contribution < 1.29 is 23.7 Å². The number of hydrogen-bond donors (Lipinski definition) is 0. The van der Waals surface area contributed by atoms with Crippen molar-refractivity contribution in [1.82, 2.24) is 29.3 Å². The molecule has 3 aromatic heterocycles. The third-order valence-electron chi connectivity index (χ3n) is 10.5. The summed E-state index contributed by atoms with van der Waals surface area (Å²) in [5, 5.41) is 12.6. The summed E-state index contributed by atoms with van der Waals surface area (Å²) in [6.45, 7) is 23.5. The molecule has 1 aliphatic rings. The van der Waals surface area contributed by atoms with Gasteiger partial charge >= 0.3 is 0 Å². The lowest BCUT2D eigenvalue weighted by atomic mass is 10.1. The molecule has 0 unspecified atom stereocenters. The van der Waals surface area contributed by atoms with Gasteiger partial charge in [-0.05, 0) is 103 Å². The standard InChI is InChI=1S/C18H21ClN2O4.2C17H21ClN2O2.CH4/c1-18(2,3)21-16(22)15(19)14(10-20-21)25-11-12-4-6-13(7-5-12)17-23-8-9-24-17;2*1-5-12-6-8-13(9-7-12)11-22-14-10-19-20(17(2,3)4)16(21)15(14)18;/h4-7,10,17H,8-9,11H2,1-3H3;2*6-10H,5,11H2,1-4H3;1H4. The van der Waals surface area contributed by atoms with E-state index in [2.05, 4.69) is 53.4 Å². The van der Waals surface area contributed by atoms with E-state index < -0.39 is 16.6 Å². The second-order valence-corrected chi connectivity index (χ2v) is 20.3. The molecule has 1 fully saturated rings. The minimum absolute atomic E-state index is 0. The van der Waals surface area contributed by atoms with Gasteiger partial charge in [0.15, 0.2) is 38.6 Å². The number of benzene rings is 3. The molecule has 0 atom stereocenters. The molecule has 3 aromatic carbocycles. The molecular weight excluding hydrogens is 955 g/mol. The molecule has 378 valence electrons. The zero-order chi connectivity index (χ0) is 50.7. The summed E-state index contributed by atoms with van der Waals surface area (Å²) >= 11 is 18.4. The van der Waals surface area contributed by atoms with Gasteiger partial charge in [-0.1, -0.05) is 129 Å². The first-order valence-corrected chi connectivity index (χ1v) is 23.9. The van der Waals surface area contributed by atoms with E-state index in [4.69, 9.17) is 58.5 Å². The van der Waals surface area contributed by atoms with Crippen LogP contribution in [0.1, 0.15) is 123 Å². The molecule has 1 aliphatic heterocycles. The normalized spacial score (nSPS) is 12.8. The molecule has 7 rings (SSSR count). The Morgan fingerprint density at radius 3 is 1.00 bits per heavy atom. The molecule has 0 amide bonds. The van der Waals surface area contributed by atoms with E-state index in [0.29, 0.717) is 37.9 Å². The Hall–Kier alpha value is -5.51. The predicted molar refractivity (Wildman–Crippen MR) is 278 cm³/mol. The summed E-state index contributed by atoms with van der Waals surface area (Å²) in [5.41, 5.74) is 4.17. The van der Waals surface area contributed by atoms with E-state index in [1.54, 1.807) is 0 Å². The van der Waals surface area contributed by atoms with E-state index in [-0.39, 0.29) is 57.8 Å². The fraction of sp³-hybridized carbons (Fsp3) is 0.434. The van der Waals surface area contributed by atoms with Gasteiger partial charge in [-0.15, -0.1) is 0 Å². The van der Waals surface area contributed by atoms with Crippen LogP contribution in [-0.4, -0.2) is 42.6 Å². The molecular formula is C53H67Cl3N6O8. The number of ether oxygens (including phenoxy) is 5. The Kier molecular flexibility index (Phi) is 20.4. The van der Waals surface area contributed by atoms with Gasteiger partial charge in [0.05, 0.1) is 48.4 Å². The van der Waals surface area contributed by atoms with E-state index in [0.717, 1.165) is 35.1 Å². The second-order valence-electron chi connectivity index (χ2n) is 19.2. The molecule has 0 N–H and O–H groups in total. The Bertz CT molecular complexity index is 2680. The van der Waals surface area contributed by atoms with Crippen molar-refractivity contribution in [2.24, 2.45) is 0 Å². The number of halogens is 3. The van der Waals surface area contributed by atoms with Crippen LogP contribution in [0.25, 0.3) is 0 Å². The summed E-state index contributed by atoms with van der Waals surface area (Å²) in [6, 6.07) is 24.0. The molecule has 0 spiro atoms. The van der Waals surface area contributed by atoms with Crippen LogP contribution >= 0.6 is 34.8 Å². The molecule has 1 saturated heterocycles. The second kappa shape index (κ2) is 25.0. The van der Waals surface area contributed by atoms with Crippen molar-refractivity contribution >= 4 is 34.8 Å². The molecule has 70 heavy (non-hydrogen) atoms. The predicted octanol–water partition coefficient (Wildman–Crippen LogP) is 11.5.